The lowest BCUT2D eigenvalue weighted by Gasteiger charge is -1.99. The van der Waals surface area contributed by atoms with Crippen LogP contribution in [0.15, 0.2) is 39.4 Å². The summed E-state index contributed by atoms with van der Waals surface area (Å²) in [7, 11) is 1.59. The van der Waals surface area contributed by atoms with Crippen molar-refractivity contribution in [2.24, 2.45) is 0 Å². The number of hydrogen-bond acceptors (Lipinski definition) is 7. The van der Waals surface area contributed by atoms with Gasteiger partial charge in [-0.05, 0) is 31.2 Å². The highest BCUT2D eigenvalue weighted by Gasteiger charge is 2.14. The van der Waals surface area contributed by atoms with E-state index in [1.165, 1.54) is 0 Å². The molecule has 0 fully saturated rings. The van der Waals surface area contributed by atoms with Crippen molar-refractivity contribution in [2.45, 2.75) is 13.3 Å². The monoisotopic (exact) mass is 314 g/mol. The van der Waals surface area contributed by atoms with E-state index in [-0.39, 0.29) is 18.2 Å². The van der Waals surface area contributed by atoms with E-state index in [4.69, 9.17) is 13.8 Å². The molecular weight excluding hydrogens is 300 g/mol. The van der Waals surface area contributed by atoms with Gasteiger partial charge < -0.3 is 19.1 Å². The summed E-state index contributed by atoms with van der Waals surface area (Å²) in [6.07, 6.45) is -0.0466. The number of amides is 1. The molecule has 0 unspecified atom stereocenters. The molecule has 8 heteroatoms. The molecule has 8 nitrogen and oxygen atoms in total. The maximum absolute atomic E-state index is 11.9. The number of nitrogens with zero attached hydrogens (tertiary/aromatic N) is 3. The van der Waals surface area contributed by atoms with Crippen LogP contribution in [0.4, 0.5) is 5.82 Å². The lowest BCUT2D eigenvalue weighted by Crippen LogP contribution is -2.14. The van der Waals surface area contributed by atoms with Gasteiger partial charge in [0, 0.05) is 11.6 Å². The zero-order chi connectivity index (χ0) is 16.2. The van der Waals surface area contributed by atoms with Gasteiger partial charge in [-0.15, -0.1) is 0 Å². The summed E-state index contributed by atoms with van der Waals surface area (Å²) >= 11 is 0. The third-order valence-corrected chi connectivity index (χ3v) is 3.02. The number of ether oxygens (including phenoxy) is 1. The Hall–Kier alpha value is -3.16. The fraction of sp³-hybridized carbons (Fsp3) is 0.200. The average Bonchev–Trinajstić information content (AvgIpc) is 3.16. The molecule has 0 spiro atoms. The summed E-state index contributed by atoms with van der Waals surface area (Å²) < 4.78 is 15.1. The van der Waals surface area contributed by atoms with Gasteiger partial charge in [-0.3, -0.25) is 4.79 Å². The van der Waals surface area contributed by atoms with Gasteiger partial charge in [0.2, 0.25) is 17.6 Å². The first-order valence-corrected chi connectivity index (χ1v) is 6.84. The van der Waals surface area contributed by atoms with Crippen molar-refractivity contribution >= 4 is 11.7 Å². The number of hydrogen-bond donors (Lipinski definition) is 1. The number of carbonyl (C=O) groups excluding carboxylic acids is 1. The van der Waals surface area contributed by atoms with Gasteiger partial charge in [0.1, 0.15) is 17.9 Å². The maximum Gasteiger partial charge on any atom is 0.236 e. The van der Waals surface area contributed by atoms with Crippen molar-refractivity contribution in [3.8, 4) is 17.1 Å². The van der Waals surface area contributed by atoms with E-state index in [1.807, 2.05) is 12.1 Å². The number of aryl methyl sites for hydroxylation is 1. The smallest absolute Gasteiger partial charge is 0.236 e. The molecule has 3 rings (SSSR count). The minimum absolute atomic E-state index is 0.0466. The summed E-state index contributed by atoms with van der Waals surface area (Å²) in [5.41, 5.74) is 0.772. The van der Waals surface area contributed by atoms with Crippen molar-refractivity contribution in [1.29, 1.82) is 0 Å². The Morgan fingerprint density at radius 2 is 2.00 bits per heavy atom. The number of carbonyl (C=O) groups is 1. The molecule has 0 radical (unpaired) electrons. The van der Waals surface area contributed by atoms with Gasteiger partial charge in [-0.1, -0.05) is 10.3 Å². The van der Waals surface area contributed by atoms with Gasteiger partial charge in [0.25, 0.3) is 0 Å². The molecule has 118 valence electrons. The summed E-state index contributed by atoms with van der Waals surface area (Å²) in [5, 5.41) is 10.1. The Morgan fingerprint density at radius 3 is 2.65 bits per heavy atom. The molecule has 1 amide bonds. The highest BCUT2D eigenvalue weighted by Crippen LogP contribution is 2.19. The Labute approximate surface area is 131 Å². The maximum atomic E-state index is 11.9. The van der Waals surface area contributed by atoms with Crippen LogP contribution >= 0.6 is 0 Å². The highest BCUT2D eigenvalue weighted by atomic mass is 16.5. The number of nitrogens with one attached hydrogen (secondary N) is 1. The van der Waals surface area contributed by atoms with Crippen LogP contribution in [0.1, 0.15) is 11.7 Å². The number of benzene rings is 1. The number of methoxy groups -OCH3 is 1. The highest BCUT2D eigenvalue weighted by molar-refractivity contribution is 5.90. The molecule has 1 N–H and O–H groups in total. The predicted molar refractivity (Wildman–Crippen MR) is 79.9 cm³/mol. The number of anilines is 1. The first-order valence-electron chi connectivity index (χ1n) is 6.84. The lowest BCUT2D eigenvalue weighted by atomic mass is 10.2. The van der Waals surface area contributed by atoms with Crippen LogP contribution in [-0.4, -0.2) is 28.3 Å². The molecule has 0 saturated heterocycles. The van der Waals surface area contributed by atoms with Crippen LogP contribution in [0.2, 0.25) is 0 Å². The summed E-state index contributed by atoms with van der Waals surface area (Å²) in [6, 6.07) is 8.84. The number of rotatable bonds is 5. The third-order valence-electron chi connectivity index (χ3n) is 3.02. The molecule has 23 heavy (non-hydrogen) atoms. The zero-order valence-corrected chi connectivity index (χ0v) is 12.6. The quantitative estimate of drug-likeness (QED) is 0.770. The van der Waals surface area contributed by atoms with Crippen molar-refractivity contribution in [3.05, 3.63) is 42.0 Å². The average molecular weight is 314 g/mol. The molecule has 1 aromatic carbocycles. The largest absolute Gasteiger partial charge is 0.497 e. The molecular formula is C15H14N4O4. The van der Waals surface area contributed by atoms with Gasteiger partial charge in [-0.2, -0.15) is 4.98 Å². The van der Waals surface area contributed by atoms with Gasteiger partial charge >= 0.3 is 0 Å². The van der Waals surface area contributed by atoms with Gasteiger partial charge in [0.15, 0.2) is 5.82 Å². The zero-order valence-electron chi connectivity index (χ0n) is 12.6. The Kier molecular flexibility index (Phi) is 4.05. The van der Waals surface area contributed by atoms with Crippen LogP contribution in [-0.2, 0) is 11.2 Å². The summed E-state index contributed by atoms with van der Waals surface area (Å²) in [5.74, 6) is 2.01. The van der Waals surface area contributed by atoms with Crippen molar-refractivity contribution in [1.82, 2.24) is 15.3 Å². The van der Waals surface area contributed by atoms with E-state index in [9.17, 15) is 4.79 Å². The fourth-order valence-electron chi connectivity index (χ4n) is 1.93. The Balaban J connectivity index is 1.65. The predicted octanol–water partition coefficient (Wildman–Crippen LogP) is 2.22. The van der Waals surface area contributed by atoms with E-state index >= 15 is 0 Å². The molecule has 2 heterocycles. The minimum atomic E-state index is -0.316. The second-order valence-electron chi connectivity index (χ2n) is 4.79. The topological polar surface area (TPSA) is 103 Å². The molecule has 0 atom stereocenters. The fourth-order valence-corrected chi connectivity index (χ4v) is 1.93. The van der Waals surface area contributed by atoms with Crippen molar-refractivity contribution in [2.75, 3.05) is 12.4 Å². The first-order chi connectivity index (χ1) is 11.1. The van der Waals surface area contributed by atoms with Crippen LogP contribution in [0, 0.1) is 6.92 Å². The molecule has 2 aromatic heterocycles. The minimum Gasteiger partial charge on any atom is -0.497 e. The van der Waals surface area contributed by atoms with E-state index in [0.717, 1.165) is 11.3 Å². The van der Waals surface area contributed by atoms with Crippen molar-refractivity contribution < 1.29 is 18.6 Å². The van der Waals surface area contributed by atoms with E-state index < -0.39 is 0 Å². The van der Waals surface area contributed by atoms with Crippen LogP contribution in [0.5, 0.6) is 5.75 Å². The SMILES string of the molecule is COc1ccc(-c2noc(CC(=O)Nc3cc(C)on3)n2)cc1. The number of aromatic nitrogens is 3. The third kappa shape index (κ3) is 3.54. The second kappa shape index (κ2) is 6.30. The Morgan fingerprint density at radius 1 is 1.22 bits per heavy atom. The molecule has 0 saturated carbocycles. The summed E-state index contributed by atoms with van der Waals surface area (Å²) in [4.78, 5) is 16.1. The molecule has 0 aliphatic rings. The van der Waals surface area contributed by atoms with E-state index in [2.05, 4.69) is 20.6 Å². The molecule has 0 aliphatic heterocycles. The van der Waals surface area contributed by atoms with Gasteiger partial charge in [-0.25, -0.2) is 0 Å². The lowest BCUT2D eigenvalue weighted by molar-refractivity contribution is -0.116. The molecule has 3 aromatic rings. The summed E-state index contributed by atoms with van der Waals surface area (Å²) in [6.45, 7) is 1.74. The van der Waals surface area contributed by atoms with E-state index in [0.29, 0.717) is 17.4 Å². The normalized spacial score (nSPS) is 10.5. The standard InChI is InChI=1S/C15H14N4O4/c1-9-7-12(18-22-9)16-13(20)8-14-17-15(19-23-14)10-3-5-11(21-2)6-4-10/h3-7H,8H2,1-2H3,(H,16,18,20). The molecule has 0 bridgehead atoms. The molecule has 0 aliphatic carbocycles. The van der Waals surface area contributed by atoms with Gasteiger partial charge in [0.05, 0.1) is 7.11 Å². The Bertz CT molecular complexity index is 807. The van der Waals surface area contributed by atoms with Crippen LogP contribution < -0.4 is 10.1 Å². The van der Waals surface area contributed by atoms with Crippen LogP contribution in [0.25, 0.3) is 11.4 Å². The van der Waals surface area contributed by atoms with Crippen LogP contribution in [0.3, 0.4) is 0 Å². The first kappa shape index (κ1) is 14.8. The van der Waals surface area contributed by atoms with Crippen molar-refractivity contribution in [3.63, 3.8) is 0 Å². The second-order valence-corrected chi connectivity index (χ2v) is 4.79. The van der Waals surface area contributed by atoms with E-state index in [1.54, 1.807) is 32.2 Å².